The fraction of sp³-hybridized carbons (Fsp3) is 0.129. The lowest BCUT2D eigenvalue weighted by Crippen LogP contribution is -2.11. The summed E-state index contributed by atoms with van der Waals surface area (Å²) in [6.45, 7) is 0. The summed E-state index contributed by atoms with van der Waals surface area (Å²) < 4.78 is 12.8. The van der Waals surface area contributed by atoms with Gasteiger partial charge in [-0.15, -0.1) is 0 Å². The molecule has 36 heavy (non-hydrogen) atoms. The van der Waals surface area contributed by atoms with Crippen LogP contribution >= 0.6 is 0 Å². The van der Waals surface area contributed by atoms with Crippen molar-refractivity contribution in [3.8, 4) is 5.75 Å². The Morgan fingerprint density at radius 2 is 1.50 bits per heavy atom. The topological polar surface area (TPSA) is 66.5 Å². The molecule has 1 aromatic heterocycles. The van der Waals surface area contributed by atoms with Crippen LogP contribution in [0.15, 0.2) is 103 Å². The summed E-state index contributed by atoms with van der Waals surface area (Å²) in [5.41, 5.74) is 13.0. The third kappa shape index (κ3) is 4.43. The van der Waals surface area contributed by atoms with Gasteiger partial charge in [0.2, 0.25) is 0 Å². The summed E-state index contributed by atoms with van der Waals surface area (Å²) in [4.78, 5) is 12.0. The summed E-state index contributed by atoms with van der Waals surface area (Å²) in [6.07, 6.45) is 2.83. The van der Waals surface area contributed by atoms with Crippen molar-refractivity contribution in [1.82, 2.24) is 4.57 Å². The van der Waals surface area contributed by atoms with E-state index in [0.29, 0.717) is 23.4 Å². The van der Waals surface area contributed by atoms with Gasteiger partial charge in [-0.3, -0.25) is 0 Å². The van der Waals surface area contributed by atoms with Gasteiger partial charge in [-0.1, -0.05) is 66.7 Å². The molecular formula is C31H28N2O3. The Morgan fingerprint density at radius 3 is 2.11 bits per heavy atom. The molecule has 5 rings (SSSR count). The quantitative estimate of drug-likeness (QED) is 0.223. The van der Waals surface area contributed by atoms with Crippen LogP contribution in [-0.2, 0) is 11.2 Å². The van der Waals surface area contributed by atoms with E-state index in [2.05, 4.69) is 65.4 Å². The summed E-state index contributed by atoms with van der Waals surface area (Å²) >= 11 is 0. The lowest BCUT2D eigenvalue weighted by atomic mass is 9.98. The van der Waals surface area contributed by atoms with Gasteiger partial charge < -0.3 is 19.8 Å². The number of esters is 1. The number of aromatic nitrogens is 1. The fourth-order valence-corrected chi connectivity index (χ4v) is 4.82. The van der Waals surface area contributed by atoms with Crippen LogP contribution in [0.5, 0.6) is 5.75 Å². The SMILES string of the molecule is COC(=O)c1ccc(Cc2cn(C(c3ccccc3)c3ccccc3)c3ccc(N)cc23)c(OC)c1. The number of benzene rings is 4. The number of carbonyl (C=O) groups excluding carboxylic acids is 1. The maximum Gasteiger partial charge on any atom is 0.337 e. The zero-order valence-corrected chi connectivity index (χ0v) is 20.3. The number of nitrogens with two attached hydrogens (primary N) is 1. The van der Waals surface area contributed by atoms with Crippen LogP contribution in [-0.4, -0.2) is 24.8 Å². The molecule has 0 saturated heterocycles. The van der Waals surface area contributed by atoms with Gasteiger partial charge in [-0.05, 0) is 52.6 Å². The molecule has 4 aromatic carbocycles. The molecule has 5 heteroatoms. The average Bonchev–Trinajstić information content (AvgIpc) is 3.26. The monoisotopic (exact) mass is 476 g/mol. The Bertz CT molecular complexity index is 1470. The van der Waals surface area contributed by atoms with E-state index in [1.807, 2.05) is 30.3 Å². The third-order valence-electron chi connectivity index (χ3n) is 6.54. The number of carbonyl (C=O) groups is 1. The van der Waals surface area contributed by atoms with E-state index >= 15 is 0 Å². The maximum absolute atomic E-state index is 12.0. The molecule has 0 fully saturated rings. The van der Waals surface area contributed by atoms with Gasteiger partial charge in [0.05, 0.1) is 25.8 Å². The molecule has 0 aliphatic heterocycles. The normalized spacial score (nSPS) is 11.1. The van der Waals surface area contributed by atoms with Gasteiger partial charge in [0.15, 0.2) is 0 Å². The summed E-state index contributed by atoms with van der Waals surface area (Å²) in [5, 5.41) is 1.09. The van der Waals surface area contributed by atoms with Crippen molar-refractivity contribution < 1.29 is 14.3 Å². The van der Waals surface area contributed by atoms with Crippen LogP contribution in [0.1, 0.15) is 38.7 Å². The Morgan fingerprint density at radius 1 is 0.833 bits per heavy atom. The predicted molar refractivity (Wildman–Crippen MR) is 144 cm³/mol. The van der Waals surface area contributed by atoms with E-state index in [0.717, 1.165) is 22.0 Å². The molecule has 0 bridgehead atoms. The van der Waals surface area contributed by atoms with Crippen molar-refractivity contribution in [1.29, 1.82) is 0 Å². The first kappa shape index (κ1) is 23.2. The Labute approximate surface area is 210 Å². The highest BCUT2D eigenvalue weighted by Gasteiger charge is 2.21. The van der Waals surface area contributed by atoms with E-state index in [9.17, 15) is 4.79 Å². The minimum atomic E-state index is -0.391. The number of nitrogens with zero attached hydrogens (tertiary/aromatic N) is 1. The number of anilines is 1. The van der Waals surface area contributed by atoms with Crippen molar-refractivity contribution in [2.24, 2.45) is 0 Å². The highest BCUT2D eigenvalue weighted by atomic mass is 16.5. The van der Waals surface area contributed by atoms with Crippen LogP contribution in [0.4, 0.5) is 5.69 Å². The average molecular weight is 477 g/mol. The molecule has 180 valence electrons. The van der Waals surface area contributed by atoms with Crippen LogP contribution in [0.25, 0.3) is 10.9 Å². The van der Waals surface area contributed by atoms with E-state index in [1.165, 1.54) is 18.2 Å². The van der Waals surface area contributed by atoms with Crippen molar-refractivity contribution in [2.45, 2.75) is 12.5 Å². The molecule has 0 radical (unpaired) electrons. The Balaban J connectivity index is 1.66. The molecular weight excluding hydrogens is 448 g/mol. The second kappa shape index (κ2) is 10.0. The number of rotatable bonds is 7. The van der Waals surface area contributed by atoms with E-state index in [1.54, 1.807) is 19.2 Å². The van der Waals surface area contributed by atoms with Crippen LogP contribution in [0.3, 0.4) is 0 Å². The van der Waals surface area contributed by atoms with E-state index in [4.69, 9.17) is 15.2 Å². The van der Waals surface area contributed by atoms with Crippen LogP contribution < -0.4 is 10.5 Å². The van der Waals surface area contributed by atoms with E-state index in [-0.39, 0.29) is 6.04 Å². The first-order chi connectivity index (χ1) is 17.6. The summed E-state index contributed by atoms with van der Waals surface area (Å²) in [7, 11) is 2.99. The Hall–Kier alpha value is -4.51. The fourth-order valence-electron chi connectivity index (χ4n) is 4.82. The zero-order chi connectivity index (χ0) is 25.1. The van der Waals surface area contributed by atoms with Crippen molar-refractivity contribution in [3.05, 3.63) is 131 Å². The number of ether oxygens (including phenoxy) is 2. The molecule has 0 aliphatic carbocycles. The molecule has 0 aliphatic rings. The van der Waals surface area contributed by atoms with Crippen LogP contribution in [0.2, 0.25) is 0 Å². The number of fused-ring (bicyclic) bond motifs is 1. The van der Waals surface area contributed by atoms with Gasteiger partial charge >= 0.3 is 5.97 Å². The standard InChI is InChI=1S/C31H28N2O3/c1-35-29-18-24(31(34)36-2)14-13-23(29)17-25-20-33(28-16-15-26(32)19-27(25)28)30(21-9-5-3-6-10-21)22-11-7-4-8-12-22/h3-16,18-20,30H,17,32H2,1-2H3. The molecule has 0 atom stereocenters. The minimum absolute atomic E-state index is 0.00382. The predicted octanol–water partition coefficient (Wildman–Crippen LogP) is 6.25. The highest BCUT2D eigenvalue weighted by Crippen LogP contribution is 2.35. The molecule has 0 saturated carbocycles. The van der Waals surface area contributed by atoms with Crippen molar-refractivity contribution in [2.75, 3.05) is 20.0 Å². The second-order valence-corrected chi connectivity index (χ2v) is 8.76. The number of hydrogen-bond donors (Lipinski definition) is 1. The molecule has 5 nitrogen and oxygen atoms in total. The minimum Gasteiger partial charge on any atom is -0.496 e. The van der Waals surface area contributed by atoms with Gasteiger partial charge in [-0.2, -0.15) is 0 Å². The highest BCUT2D eigenvalue weighted by molar-refractivity contribution is 5.90. The van der Waals surface area contributed by atoms with Gasteiger partial charge in [-0.25, -0.2) is 4.79 Å². The second-order valence-electron chi connectivity index (χ2n) is 8.76. The zero-order valence-electron chi connectivity index (χ0n) is 20.3. The van der Waals surface area contributed by atoms with Gasteiger partial charge in [0, 0.05) is 29.2 Å². The lowest BCUT2D eigenvalue weighted by molar-refractivity contribution is 0.0600. The van der Waals surface area contributed by atoms with Gasteiger partial charge in [0.1, 0.15) is 5.75 Å². The number of nitrogen functional groups attached to an aromatic ring is 1. The molecule has 5 aromatic rings. The smallest absolute Gasteiger partial charge is 0.337 e. The summed E-state index contributed by atoms with van der Waals surface area (Å²) in [5.74, 6) is 0.253. The van der Waals surface area contributed by atoms with E-state index < -0.39 is 5.97 Å². The van der Waals surface area contributed by atoms with Gasteiger partial charge in [0.25, 0.3) is 0 Å². The molecule has 0 unspecified atom stereocenters. The number of methoxy groups -OCH3 is 2. The van der Waals surface area contributed by atoms with Crippen molar-refractivity contribution >= 4 is 22.6 Å². The molecule has 0 amide bonds. The number of hydrogen-bond acceptors (Lipinski definition) is 4. The first-order valence-electron chi connectivity index (χ1n) is 11.8. The molecule has 2 N–H and O–H groups in total. The Kier molecular flexibility index (Phi) is 6.46. The molecule has 0 spiro atoms. The van der Waals surface area contributed by atoms with Crippen molar-refractivity contribution in [3.63, 3.8) is 0 Å². The maximum atomic E-state index is 12.0. The lowest BCUT2D eigenvalue weighted by Gasteiger charge is -2.21. The third-order valence-corrected chi connectivity index (χ3v) is 6.54. The summed E-state index contributed by atoms with van der Waals surface area (Å²) in [6, 6.07) is 32.5. The van der Waals surface area contributed by atoms with Crippen LogP contribution in [0, 0.1) is 0 Å². The molecule has 1 heterocycles. The largest absolute Gasteiger partial charge is 0.496 e. The first-order valence-corrected chi connectivity index (χ1v) is 11.8.